The van der Waals surface area contributed by atoms with Crippen LogP contribution in [0.1, 0.15) is 65.2 Å². The second-order valence-corrected chi connectivity index (χ2v) is 6.30. The monoisotopic (exact) mass is 252 g/mol. The van der Waals surface area contributed by atoms with Crippen molar-refractivity contribution in [3.8, 4) is 0 Å². The number of rotatable bonds is 5. The predicted molar refractivity (Wildman–Crippen MR) is 78.9 cm³/mol. The summed E-state index contributed by atoms with van der Waals surface area (Å²) < 4.78 is 0. The third-order valence-electron chi connectivity index (χ3n) is 5.08. The molecule has 2 heteroatoms. The molecule has 2 aliphatic rings. The first-order valence-corrected chi connectivity index (χ1v) is 8.32. The minimum absolute atomic E-state index is 0.775. The highest BCUT2D eigenvalue weighted by Crippen LogP contribution is 2.28. The lowest BCUT2D eigenvalue weighted by Gasteiger charge is -2.43. The SMILES string of the molecule is CCCNC1CCCCC1N1CCC(CC)CC1. The molecule has 1 N–H and O–H groups in total. The highest BCUT2D eigenvalue weighted by molar-refractivity contribution is 4.90. The molecular weight excluding hydrogens is 220 g/mol. The van der Waals surface area contributed by atoms with Gasteiger partial charge in [-0.15, -0.1) is 0 Å². The molecule has 1 aliphatic carbocycles. The van der Waals surface area contributed by atoms with Crippen LogP contribution in [0.5, 0.6) is 0 Å². The Balaban J connectivity index is 1.84. The fourth-order valence-corrected chi connectivity index (χ4v) is 3.81. The quantitative estimate of drug-likeness (QED) is 0.806. The molecule has 0 radical (unpaired) electrons. The third kappa shape index (κ3) is 3.71. The second-order valence-electron chi connectivity index (χ2n) is 6.30. The molecule has 0 bridgehead atoms. The van der Waals surface area contributed by atoms with Gasteiger partial charge in [0.15, 0.2) is 0 Å². The van der Waals surface area contributed by atoms with Crippen molar-refractivity contribution >= 4 is 0 Å². The Morgan fingerprint density at radius 1 is 1.00 bits per heavy atom. The molecule has 1 heterocycles. The lowest BCUT2D eigenvalue weighted by atomic mass is 9.86. The van der Waals surface area contributed by atoms with Crippen LogP contribution in [0, 0.1) is 5.92 Å². The standard InChI is InChI=1S/C16H32N2/c1-3-11-17-15-7-5-6-8-16(15)18-12-9-14(4-2)10-13-18/h14-17H,3-13H2,1-2H3. The van der Waals surface area contributed by atoms with Gasteiger partial charge in [0, 0.05) is 12.1 Å². The van der Waals surface area contributed by atoms with E-state index in [-0.39, 0.29) is 0 Å². The van der Waals surface area contributed by atoms with Crippen molar-refractivity contribution in [3.63, 3.8) is 0 Å². The molecule has 2 atom stereocenters. The van der Waals surface area contributed by atoms with E-state index in [9.17, 15) is 0 Å². The van der Waals surface area contributed by atoms with Gasteiger partial charge in [-0.25, -0.2) is 0 Å². The first-order chi connectivity index (χ1) is 8.85. The van der Waals surface area contributed by atoms with Crippen molar-refractivity contribution in [2.75, 3.05) is 19.6 Å². The highest BCUT2D eigenvalue weighted by atomic mass is 15.2. The largest absolute Gasteiger partial charge is 0.312 e. The van der Waals surface area contributed by atoms with E-state index in [1.165, 1.54) is 71.0 Å². The molecule has 1 saturated carbocycles. The van der Waals surface area contributed by atoms with E-state index in [1.54, 1.807) is 0 Å². The molecular formula is C16H32N2. The molecule has 0 aromatic carbocycles. The van der Waals surface area contributed by atoms with E-state index in [4.69, 9.17) is 0 Å². The Bertz CT molecular complexity index is 221. The maximum atomic E-state index is 3.80. The third-order valence-corrected chi connectivity index (χ3v) is 5.08. The van der Waals surface area contributed by atoms with E-state index in [2.05, 4.69) is 24.1 Å². The normalized spacial score (nSPS) is 31.7. The van der Waals surface area contributed by atoms with Crippen molar-refractivity contribution in [3.05, 3.63) is 0 Å². The lowest BCUT2D eigenvalue weighted by Crippen LogP contribution is -2.53. The van der Waals surface area contributed by atoms with E-state index in [0.717, 1.165) is 18.0 Å². The molecule has 0 aromatic heterocycles. The van der Waals surface area contributed by atoms with Gasteiger partial charge in [0.2, 0.25) is 0 Å². The Morgan fingerprint density at radius 3 is 2.39 bits per heavy atom. The summed E-state index contributed by atoms with van der Waals surface area (Å²) in [5.41, 5.74) is 0. The van der Waals surface area contributed by atoms with E-state index < -0.39 is 0 Å². The Labute approximate surface area is 114 Å². The molecule has 2 nitrogen and oxygen atoms in total. The van der Waals surface area contributed by atoms with Crippen LogP contribution in [0.25, 0.3) is 0 Å². The van der Waals surface area contributed by atoms with Crippen LogP contribution in [0.3, 0.4) is 0 Å². The summed E-state index contributed by atoms with van der Waals surface area (Å²) in [6, 6.07) is 1.61. The number of hydrogen-bond donors (Lipinski definition) is 1. The summed E-state index contributed by atoms with van der Waals surface area (Å²) in [6.07, 6.45) is 11.2. The van der Waals surface area contributed by atoms with Crippen molar-refractivity contribution in [2.45, 2.75) is 77.3 Å². The first kappa shape index (κ1) is 14.3. The first-order valence-electron chi connectivity index (χ1n) is 8.32. The van der Waals surface area contributed by atoms with Crippen molar-refractivity contribution < 1.29 is 0 Å². The summed E-state index contributed by atoms with van der Waals surface area (Å²) in [6.45, 7) is 8.54. The van der Waals surface area contributed by atoms with Gasteiger partial charge in [-0.3, -0.25) is 4.90 Å². The molecule has 2 unspecified atom stereocenters. The van der Waals surface area contributed by atoms with Crippen LogP contribution in [0.2, 0.25) is 0 Å². The zero-order valence-electron chi connectivity index (χ0n) is 12.5. The summed E-state index contributed by atoms with van der Waals surface area (Å²) in [4.78, 5) is 2.80. The van der Waals surface area contributed by atoms with E-state index >= 15 is 0 Å². The highest BCUT2D eigenvalue weighted by Gasteiger charge is 2.31. The van der Waals surface area contributed by atoms with Crippen LogP contribution in [-0.4, -0.2) is 36.6 Å². The smallest absolute Gasteiger partial charge is 0.0249 e. The van der Waals surface area contributed by atoms with E-state index in [0.29, 0.717) is 0 Å². The van der Waals surface area contributed by atoms with Crippen LogP contribution >= 0.6 is 0 Å². The molecule has 0 spiro atoms. The Hall–Kier alpha value is -0.0800. The number of nitrogens with zero attached hydrogens (tertiary/aromatic N) is 1. The van der Waals surface area contributed by atoms with Crippen molar-refractivity contribution in [2.24, 2.45) is 5.92 Å². The fraction of sp³-hybridized carbons (Fsp3) is 1.00. The number of likely N-dealkylation sites (tertiary alicyclic amines) is 1. The minimum atomic E-state index is 0.775. The molecule has 106 valence electrons. The van der Waals surface area contributed by atoms with Gasteiger partial charge >= 0.3 is 0 Å². The molecule has 0 amide bonds. The summed E-state index contributed by atoms with van der Waals surface area (Å²) in [5, 5.41) is 3.80. The summed E-state index contributed by atoms with van der Waals surface area (Å²) in [7, 11) is 0. The maximum Gasteiger partial charge on any atom is 0.0249 e. The van der Waals surface area contributed by atoms with Crippen LogP contribution in [0.4, 0.5) is 0 Å². The number of nitrogens with one attached hydrogen (secondary N) is 1. The molecule has 1 aliphatic heterocycles. The second kappa shape index (κ2) is 7.49. The predicted octanol–water partition coefficient (Wildman–Crippen LogP) is 3.42. The minimum Gasteiger partial charge on any atom is -0.312 e. The van der Waals surface area contributed by atoms with Gasteiger partial charge < -0.3 is 5.32 Å². The Morgan fingerprint density at radius 2 is 1.72 bits per heavy atom. The van der Waals surface area contributed by atoms with Crippen molar-refractivity contribution in [1.82, 2.24) is 10.2 Å². The molecule has 2 rings (SSSR count). The van der Waals surface area contributed by atoms with Crippen molar-refractivity contribution in [1.29, 1.82) is 0 Å². The zero-order valence-corrected chi connectivity index (χ0v) is 12.5. The average Bonchev–Trinajstić information content (AvgIpc) is 2.45. The molecule has 18 heavy (non-hydrogen) atoms. The zero-order chi connectivity index (χ0) is 12.8. The molecule has 0 aromatic rings. The summed E-state index contributed by atoms with van der Waals surface area (Å²) >= 11 is 0. The van der Waals surface area contributed by atoms with Crippen LogP contribution < -0.4 is 5.32 Å². The molecule has 1 saturated heterocycles. The van der Waals surface area contributed by atoms with Gasteiger partial charge in [-0.1, -0.05) is 33.1 Å². The Kier molecular flexibility index (Phi) is 5.97. The van der Waals surface area contributed by atoms with Gasteiger partial charge in [0.1, 0.15) is 0 Å². The van der Waals surface area contributed by atoms with Gasteiger partial charge in [0.05, 0.1) is 0 Å². The number of piperidine rings is 1. The average molecular weight is 252 g/mol. The maximum absolute atomic E-state index is 3.80. The molecule has 2 fully saturated rings. The number of hydrogen-bond acceptors (Lipinski definition) is 2. The topological polar surface area (TPSA) is 15.3 Å². The lowest BCUT2D eigenvalue weighted by molar-refractivity contribution is 0.0821. The fourth-order valence-electron chi connectivity index (χ4n) is 3.81. The van der Waals surface area contributed by atoms with Crippen LogP contribution in [0.15, 0.2) is 0 Å². The van der Waals surface area contributed by atoms with E-state index in [1.807, 2.05) is 0 Å². The van der Waals surface area contributed by atoms with Gasteiger partial charge in [0.25, 0.3) is 0 Å². The van der Waals surface area contributed by atoms with Crippen LogP contribution in [-0.2, 0) is 0 Å². The summed E-state index contributed by atoms with van der Waals surface area (Å²) in [5.74, 6) is 1.01. The van der Waals surface area contributed by atoms with Gasteiger partial charge in [-0.05, 0) is 57.7 Å². The van der Waals surface area contributed by atoms with Gasteiger partial charge in [-0.2, -0.15) is 0 Å².